The van der Waals surface area contributed by atoms with Gasteiger partial charge < -0.3 is 9.47 Å². The molecular weight excluding hydrogens is 258 g/mol. The summed E-state index contributed by atoms with van der Waals surface area (Å²) in [5, 5.41) is 0. The number of carbonyl (C=O) groups excluding carboxylic acids is 2. The summed E-state index contributed by atoms with van der Waals surface area (Å²) in [7, 11) is 1.33. The highest BCUT2D eigenvalue weighted by Crippen LogP contribution is 2.45. The molecule has 0 spiro atoms. The molecule has 0 aromatic rings. The third kappa shape index (κ3) is 2.47. The van der Waals surface area contributed by atoms with Crippen LogP contribution < -0.4 is 0 Å². The second kappa shape index (κ2) is 4.69. The maximum absolute atomic E-state index is 12.4. The van der Waals surface area contributed by atoms with Gasteiger partial charge in [-0.05, 0) is 34.1 Å². The van der Waals surface area contributed by atoms with Crippen LogP contribution in [0.15, 0.2) is 0 Å². The zero-order valence-electron chi connectivity index (χ0n) is 12.6. The molecule has 1 aliphatic carbocycles. The van der Waals surface area contributed by atoms with Gasteiger partial charge in [-0.3, -0.25) is 4.90 Å². The van der Waals surface area contributed by atoms with Crippen LogP contribution in [0.3, 0.4) is 0 Å². The minimum Gasteiger partial charge on any atom is -0.467 e. The Bertz CT molecular complexity index is 496. The number of rotatable bonds is 1. The van der Waals surface area contributed by atoms with Gasteiger partial charge in [-0.1, -0.05) is 5.92 Å². The van der Waals surface area contributed by atoms with E-state index in [0.29, 0.717) is 12.8 Å². The number of hydrogen-bond acceptors (Lipinski definition) is 4. The van der Waals surface area contributed by atoms with E-state index in [1.54, 1.807) is 20.8 Å². The van der Waals surface area contributed by atoms with Gasteiger partial charge in [-0.15, -0.1) is 5.92 Å². The molecule has 0 N–H and O–H groups in total. The van der Waals surface area contributed by atoms with Crippen LogP contribution in [-0.2, 0) is 14.3 Å². The summed E-state index contributed by atoms with van der Waals surface area (Å²) in [6, 6.07) is -0.749. The normalized spacial score (nSPS) is 31.4. The Hall–Kier alpha value is -1.70. The average Bonchev–Trinajstić information content (AvgIpc) is 2.79. The number of hydrogen-bond donors (Lipinski definition) is 0. The number of nitrogens with zero attached hydrogens (tertiary/aromatic N) is 1. The summed E-state index contributed by atoms with van der Waals surface area (Å²) in [4.78, 5) is 25.9. The smallest absolute Gasteiger partial charge is 0.411 e. The zero-order chi connectivity index (χ0) is 15.1. The Balaban J connectivity index is 2.27. The molecule has 0 bridgehead atoms. The fourth-order valence-electron chi connectivity index (χ4n) is 2.87. The molecule has 110 valence electrons. The van der Waals surface area contributed by atoms with Gasteiger partial charge in [0.1, 0.15) is 11.6 Å². The molecule has 3 atom stereocenters. The van der Waals surface area contributed by atoms with E-state index >= 15 is 0 Å². The van der Waals surface area contributed by atoms with Gasteiger partial charge in [0.25, 0.3) is 0 Å². The maximum Gasteiger partial charge on any atom is 0.411 e. The first-order valence-electron chi connectivity index (χ1n) is 6.77. The first kappa shape index (κ1) is 14.7. The Morgan fingerprint density at radius 2 is 2.00 bits per heavy atom. The van der Waals surface area contributed by atoms with Gasteiger partial charge in [0.05, 0.1) is 18.6 Å². The van der Waals surface area contributed by atoms with Crippen molar-refractivity contribution in [2.75, 3.05) is 7.11 Å². The van der Waals surface area contributed by atoms with Crippen LogP contribution in [0.25, 0.3) is 0 Å². The quantitative estimate of drug-likeness (QED) is 0.544. The largest absolute Gasteiger partial charge is 0.467 e. The lowest BCUT2D eigenvalue weighted by molar-refractivity contribution is -0.146. The molecule has 1 heterocycles. The van der Waals surface area contributed by atoms with Gasteiger partial charge in [0, 0.05) is 6.42 Å². The van der Waals surface area contributed by atoms with Crippen LogP contribution in [0, 0.1) is 17.3 Å². The molecule has 1 fully saturated rings. The Labute approximate surface area is 119 Å². The van der Waals surface area contributed by atoms with Crippen molar-refractivity contribution in [3.63, 3.8) is 0 Å². The van der Waals surface area contributed by atoms with Gasteiger partial charge in [-0.2, -0.15) is 0 Å². The summed E-state index contributed by atoms with van der Waals surface area (Å²) >= 11 is 0. The van der Waals surface area contributed by atoms with Gasteiger partial charge in [-0.25, -0.2) is 9.59 Å². The fourth-order valence-corrected chi connectivity index (χ4v) is 2.87. The summed E-state index contributed by atoms with van der Waals surface area (Å²) in [6.07, 6.45) is 0.590. The molecule has 0 saturated carbocycles. The van der Waals surface area contributed by atoms with Crippen molar-refractivity contribution in [3.8, 4) is 11.8 Å². The molecular formula is C15H21NO4. The minimum absolute atomic E-state index is 0.138. The molecule has 5 nitrogen and oxygen atoms in total. The molecule has 1 saturated heterocycles. The predicted octanol–water partition coefficient (Wildman–Crippen LogP) is 1.95. The number of likely N-dealkylation sites (tertiary alicyclic amines) is 1. The van der Waals surface area contributed by atoms with E-state index in [2.05, 4.69) is 11.8 Å². The lowest BCUT2D eigenvalue weighted by Gasteiger charge is -2.32. The number of esters is 1. The lowest BCUT2D eigenvalue weighted by atomic mass is 9.84. The molecule has 3 unspecified atom stereocenters. The van der Waals surface area contributed by atoms with E-state index in [4.69, 9.17) is 9.47 Å². The summed E-state index contributed by atoms with van der Waals surface area (Å²) in [5.41, 5.74) is -0.952. The van der Waals surface area contributed by atoms with E-state index in [0.717, 1.165) is 0 Å². The van der Waals surface area contributed by atoms with Crippen molar-refractivity contribution in [1.29, 1.82) is 0 Å². The predicted molar refractivity (Wildman–Crippen MR) is 72.8 cm³/mol. The monoisotopic (exact) mass is 279 g/mol. The Morgan fingerprint density at radius 3 is 2.55 bits per heavy atom. The summed E-state index contributed by atoms with van der Waals surface area (Å²) in [5.74, 6) is 5.77. The highest BCUT2D eigenvalue weighted by molar-refractivity contribution is 5.83. The average molecular weight is 279 g/mol. The molecule has 0 radical (unpaired) electrons. The van der Waals surface area contributed by atoms with Crippen molar-refractivity contribution < 1.29 is 19.1 Å². The number of amides is 1. The Kier molecular flexibility index (Phi) is 3.45. The van der Waals surface area contributed by atoms with Gasteiger partial charge in [0.15, 0.2) is 0 Å². The van der Waals surface area contributed by atoms with Crippen LogP contribution in [0.1, 0.15) is 40.5 Å². The van der Waals surface area contributed by atoms with Crippen LogP contribution in [0.5, 0.6) is 0 Å². The number of carbonyl (C=O) groups is 2. The third-order valence-corrected chi connectivity index (χ3v) is 3.77. The van der Waals surface area contributed by atoms with Crippen molar-refractivity contribution in [3.05, 3.63) is 0 Å². The molecule has 2 rings (SSSR count). The topological polar surface area (TPSA) is 55.8 Å². The molecule has 0 aromatic heterocycles. The molecule has 1 aliphatic heterocycles. The number of methoxy groups -OCH3 is 1. The van der Waals surface area contributed by atoms with E-state index in [9.17, 15) is 9.59 Å². The standard InChI is InChI=1S/C15H21NO4/c1-14(2,3)20-13(18)16-10(12(17)19-5)9-15(4)8-6-7-11(15)16/h10-11H,7,9H2,1-5H3. The van der Waals surface area contributed by atoms with Crippen LogP contribution in [0.4, 0.5) is 4.79 Å². The van der Waals surface area contributed by atoms with Crippen molar-refractivity contribution in [2.45, 2.75) is 58.2 Å². The maximum atomic E-state index is 12.4. The van der Waals surface area contributed by atoms with Crippen LogP contribution >= 0.6 is 0 Å². The first-order chi connectivity index (χ1) is 9.18. The van der Waals surface area contributed by atoms with Crippen LogP contribution in [0.2, 0.25) is 0 Å². The lowest BCUT2D eigenvalue weighted by Crippen LogP contribution is -2.48. The second-order valence-corrected chi connectivity index (χ2v) is 6.57. The molecule has 5 heteroatoms. The zero-order valence-corrected chi connectivity index (χ0v) is 12.6. The molecule has 1 amide bonds. The van der Waals surface area contributed by atoms with E-state index in [1.807, 2.05) is 6.92 Å². The van der Waals surface area contributed by atoms with E-state index < -0.39 is 23.7 Å². The highest BCUT2D eigenvalue weighted by atomic mass is 16.6. The number of ether oxygens (including phenoxy) is 2. The second-order valence-electron chi connectivity index (χ2n) is 6.57. The SMILES string of the molecule is COC(=O)C1CC2(C)C#CCC2N1C(=O)OC(C)(C)C. The Morgan fingerprint density at radius 1 is 1.35 bits per heavy atom. The van der Waals surface area contributed by atoms with Crippen molar-refractivity contribution >= 4 is 12.1 Å². The number of fused-ring (bicyclic) bond motifs is 1. The fraction of sp³-hybridized carbons (Fsp3) is 0.733. The summed E-state index contributed by atoms with van der Waals surface area (Å²) < 4.78 is 10.2. The molecule has 0 aromatic carbocycles. The van der Waals surface area contributed by atoms with Gasteiger partial charge >= 0.3 is 12.1 Å². The minimum atomic E-state index is -0.612. The van der Waals surface area contributed by atoms with Crippen molar-refractivity contribution in [1.82, 2.24) is 4.90 Å². The van der Waals surface area contributed by atoms with Gasteiger partial charge in [0.2, 0.25) is 0 Å². The molecule has 2 aliphatic rings. The highest BCUT2D eigenvalue weighted by Gasteiger charge is 2.55. The van der Waals surface area contributed by atoms with Crippen molar-refractivity contribution in [2.24, 2.45) is 5.41 Å². The summed E-state index contributed by atoms with van der Waals surface area (Å²) in [6.45, 7) is 7.40. The van der Waals surface area contributed by atoms with E-state index in [1.165, 1.54) is 12.0 Å². The first-order valence-corrected chi connectivity index (χ1v) is 6.77. The third-order valence-electron chi connectivity index (χ3n) is 3.77. The molecule has 20 heavy (non-hydrogen) atoms. The van der Waals surface area contributed by atoms with Crippen LogP contribution in [-0.4, -0.2) is 41.8 Å². The van der Waals surface area contributed by atoms with E-state index in [-0.39, 0.29) is 11.5 Å².